The number of thioether (sulfide) groups is 1. The third-order valence-electron chi connectivity index (χ3n) is 3.71. The largest absolute Gasteiger partial charge is 0.310 e. The summed E-state index contributed by atoms with van der Waals surface area (Å²) in [6.07, 6.45) is 1.76. The average Bonchev–Trinajstić information content (AvgIpc) is 2.75. The van der Waals surface area contributed by atoms with E-state index in [2.05, 4.69) is 36.2 Å². The summed E-state index contributed by atoms with van der Waals surface area (Å²) in [5, 5.41) is 8.62. The van der Waals surface area contributed by atoms with E-state index in [1.54, 1.807) is 6.20 Å². The molecule has 1 aliphatic rings. The maximum atomic E-state index is 6.38. The average molecular weight is 303 g/mol. The number of nitrogens with one attached hydrogen (secondary N) is 1. The smallest absolute Gasteiger partial charge is 0.0834 e. The number of nitrogens with zero attached hydrogens (tertiary/aromatic N) is 3. The molecule has 2 heterocycles. The molecule has 1 aliphatic heterocycles. The van der Waals surface area contributed by atoms with Crippen molar-refractivity contribution < 1.29 is 0 Å². The van der Waals surface area contributed by atoms with Crippen molar-refractivity contribution in [3.8, 4) is 0 Å². The van der Waals surface area contributed by atoms with E-state index >= 15 is 0 Å². The van der Waals surface area contributed by atoms with E-state index in [4.69, 9.17) is 11.6 Å². The highest BCUT2D eigenvalue weighted by Crippen LogP contribution is 2.32. The summed E-state index contributed by atoms with van der Waals surface area (Å²) in [4.78, 5) is 2.42. The molecule has 1 aromatic heterocycles. The normalized spacial score (nSPS) is 22.9. The first-order chi connectivity index (χ1) is 9.06. The Morgan fingerprint density at radius 3 is 2.84 bits per heavy atom. The molecule has 0 aromatic carbocycles. The molecule has 1 N–H and O–H groups in total. The van der Waals surface area contributed by atoms with E-state index in [9.17, 15) is 0 Å². The fraction of sp³-hybridized carbons (Fsp3) is 0.769. The van der Waals surface area contributed by atoms with Crippen molar-refractivity contribution in [1.82, 2.24) is 20.0 Å². The maximum Gasteiger partial charge on any atom is 0.0834 e. The molecule has 2 rings (SSSR count). The van der Waals surface area contributed by atoms with Gasteiger partial charge >= 0.3 is 0 Å². The summed E-state index contributed by atoms with van der Waals surface area (Å²) < 4.78 is 2.04. The number of aromatic nitrogens is 2. The standard InChI is InChI=1S/C13H23ClN4S/c1-9(2)18-13(10(14)7-16-18)12(15-3)11-8-19-6-5-17(11)4/h7,9,11-12,15H,5-6,8H2,1-4H3. The highest BCUT2D eigenvalue weighted by atomic mass is 35.5. The van der Waals surface area contributed by atoms with Crippen molar-refractivity contribution in [2.45, 2.75) is 32.0 Å². The first-order valence-electron chi connectivity index (χ1n) is 6.74. The molecule has 0 spiro atoms. The molecule has 2 atom stereocenters. The summed E-state index contributed by atoms with van der Waals surface area (Å²) in [7, 11) is 4.20. The Morgan fingerprint density at radius 1 is 1.53 bits per heavy atom. The van der Waals surface area contributed by atoms with Crippen molar-refractivity contribution in [2.24, 2.45) is 0 Å². The molecule has 19 heavy (non-hydrogen) atoms. The van der Waals surface area contributed by atoms with E-state index in [1.807, 2.05) is 23.5 Å². The Bertz CT molecular complexity index is 421. The third-order valence-corrected chi connectivity index (χ3v) is 5.05. The van der Waals surface area contributed by atoms with Gasteiger partial charge in [0.2, 0.25) is 0 Å². The molecule has 1 saturated heterocycles. The molecule has 6 heteroatoms. The van der Waals surface area contributed by atoms with Gasteiger partial charge in [0.15, 0.2) is 0 Å². The zero-order valence-electron chi connectivity index (χ0n) is 12.1. The summed E-state index contributed by atoms with van der Waals surface area (Å²) >= 11 is 8.39. The van der Waals surface area contributed by atoms with Crippen LogP contribution in [0, 0.1) is 0 Å². The molecule has 0 radical (unpaired) electrons. The van der Waals surface area contributed by atoms with Crippen molar-refractivity contribution in [1.29, 1.82) is 0 Å². The van der Waals surface area contributed by atoms with Gasteiger partial charge in [0.05, 0.1) is 23.0 Å². The van der Waals surface area contributed by atoms with Gasteiger partial charge in [-0.1, -0.05) is 11.6 Å². The fourth-order valence-electron chi connectivity index (χ4n) is 2.62. The molecule has 108 valence electrons. The van der Waals surface area contributed by atoms with Crippen LogP contribution in [0.2, 0.25) is 5.02 Å². The van der Waals surface area contributed by atoms with Crippen LogP contribution in [-0.2, 0) is 0 Å². The molecule has 0 amide bonds. The molecular weight excluding hydrogens is 280 g/mol. The van der Waals surface area contributed by atoms with E-state index in [1.165, 1.54) is 5.75 Å². The van der Waals surface area contributed by atoms with Gasteiger partial charge in [-0.3, -0.25) is 9.58 Å². The molecule has 2 unspecified atom stereocenters. The van der Waals surface area contributed by atoms with Crippen LogP contribution in [0.1, 0.15) is 31.6 Å². The van der Waals surface area contributed by atoms with Crippen LogP contribution in [0.5, 0.6) is 0 Å². The van der Waals surface area contributed by atoms with Crippen LogP contribution in [0.25, 0.3) is 0 Å². The topological polar surface area (TPSA) is 33.1 Å². The fourth-order valence-corrected chi connectivity index (χ4v) is 4.14. The second kappa shape index (κ2) is 6.48. The Kier molecular flexibility index (Phi) is 5.17. The molecule has 1 aromatic rings. The highest BCUT2D eigenvalue weighted by molar-refractivity contribution is 7.99. The lowest BCUT2D eigenvalue weighted by molar-refractivity contribution is 0.214. The van der Waals surface area contributed by atoms with Crippen LogP contribution in [0.3, 0.4) is 0 Å². The summed E-state index contributed by atoms with van der Waals surface area (Å²) in [6, 6.07) is 0.991. The van der Waals surface area contributed by atoms with Crippen molar-refractivity contribution in [2.75, 3.05) is 32.1 Å². The Balaban J connectivity index is 2.33. The van der Waals surface area contributed by atoms with Crippen LogP contribution < -0.4 is 5.32 Å². The lowest BCUT2D eigenvalue weighted by atomic mass is 10.0. The number of hydrogen-bond acceptors (Lipinski definition) is 4. The summed E-state index contributed by atoms with van der Waals surface area (Å²) in [5.41, 5.74) is 1.11. The van der Waals surface area contributed by atoms with Gasteiger partial charge in [-0.05, 0) is 27.9 Å². The van der Waals surface area contributed by atoms with Gasteiger partial charge in [0, 0.05) is 30.1 Å². The van der Waals surface area contributed by atoms with E-state index in [0.717, 1.165) is 23.0 Å². The van der Waals surface area contributed by atoms with Gasteiger partial charge in [-0.15, -0.1) is 0 Å². The molecule has 1 fully saturated rings. The molecule has 0 aliphatic carbocycles. The van der Waals surface area contributed by atoms with Crippen molar-refractivity contribution in [3.63, 3.8) is 0 Å². The van der Waals surface area contributed by atoms with Crippen LogP contribution >= 0.6 is 23.4 Å². The number of halogens is 1. The molecular formula is C13H23ClN4S. The summed E-state index contributed by atoms with van der Waals surface area (Å²) in [6.45, 7) is 5.40. The number of rotatable bonds is 4. The Morgan fingerprint density at radius 2 is 2.26 bits per heavy atom. The van der Waals surface area contributed by atoms with Crippen LogP contribution in [0.4, 0.5) is 0 Å². The van der Waals surface area contributed by atoms with E-state index in [-0.39, 0.29) is 6.04 Å². The molecule has 0 bridgehead atoms. The van der Waals surface area contributed by atoms with Crippen LogP contribution in [0.15, 0.2) is 6.20 Å². The quantitative estimate of drug-likeness (QED) is 0.926. The van der Waals surface area contributed by atoms with E-state index < -0.39 is 0 Å². The van der Waals surface area contributed by atoms with Crippen molar-refractivity contribution in [3.05, 3.63) is 16.9 Å². The van der Waals surface area contributed by atoms with E-state index in [0.29, 0.717) is 12.1 Å². The number of likely N-dealkylation sites (N-methyl/N-ethyl adjacent to an activating group) is 2. The zero-order chi connectivity index (χ0) is 14.0. The predicted molar refractivity (Wildman–Crippen MR) is 83.2 cm³/mol. The monoisotopic (exact) mass is 302 g/mol. The minimum Gasteiger partial charge on any atom is -0.310 e. The van der Waals surface area contributed by atoms with Gasteiger partial charge in [-0.25, -0.2) is 0 Å². The van der Waals surface area contributed by atoms with Gasteiger partial charge in [0.25, 0.3) is 0 Å². The zero-order valence-corrected chi connectivity index (χ0v) is 13.6. The first-order valence-corrected chi connectivity index (χ1v) is 8.27. The Labute approximate surface area is 124 Å². The lowest BCUT2D eigenvalue weighted by Gasteiger charge is -2.38. The lowest BCUT2D eigenvalue weighted by Crippen LogP contribution is -2.47. The second-order valence-corrected chi connectivity index (χ2v) is 6.86. The molecule has 4 nitrogen and oxygen atoms in total. The number of hydrogen-bond donors (Lipinski definition) is 1. The highest BCUT2D eigenvalue weighted by Gasteiger charge is 2.32. The molecule has 0 saturated carbocycles. The minimum absolute atomic E-state index is 0.218. The van der Waals surface area contributed by atoms with Crippen molar-refractivity contribution >= 4 is 23.4 Å². The van der Waals surface area contributed by atoms with Gasteiger partial charge in [0.1, 0.15) is 0 Å². The Hall–Kier alpha value is -0.230. The van der Waals surface area contributed by atoms with Crippen LogP contribution in [-0.4, -0.2) is 52.9 Å². The maximum absolute atomic E-state index is 6.38. The first kappa shape index (κ1) is 15.2. The second-order valence-electron chi connectivity index (χ2n) is 5.31. The summed E-state index contributed by atoms with van der Waals surface area (Å²) in [5.74, 6) is 2.34. The minimum atomic E-state index is 0.218. The SMILES string of the molecule is CNC(c1c(Cl)cnn1C(C)C)C1CSCCN1C. The van der Waals surface area contributed by atoms with Gasteiger partial charge in [-0.2, -0.15) is 16.9 Å². The van der Waals surface area contributed by atoms with Gasteiger partial charge < -0.3 is 5.32 Å². The third kappa shape index (κ3) is 3.10. The predicted octanol–water partition coefficient (Wildman–Crippen LogP) is 2.43.